The van der Waals surface area contributed by atoms with Crippen molar-refractivity contribution in [1.82, 2.24) is 15.1 Å². The van der Waals surface area contributed by atoms with Crippen LogP contribution >= 0.6 is 11.6 Å². The van der Waals surface area contributed by atoms with Crippen molar-refractivity contribution in [2.24, 2.45) is 0 Å². The third-order valence-electron chi connectivity index (χ3n) is 7.68. The number of rotatable bonds is 8. The van der Waals surface area contributed by atoms with Crippen molar-refractivity contribution in [3.05, 3.63) is 100 Å². The average Bonchev–Trinajstić information content (AvgIpc) is 2.97. The summed E-state index contributed by atoms with van der Waals surface area (Å²) in [4.78, 5) is 17.8. The molecule has 202 valence electrons. The quantitative estimate of drug-likeness (QED) is 0.398. The zero-order valence-electron chi connectivity index (χ0n) is 22.2. The van der Waals surface area contributed by atoms with Crippen LogP contribution in [0.2, 0.25) is 5.02 Å². The van der Waals surface area contributed by atoms with E-state index in [1.807, 2.05) is 36.4 Å². The zero-order chi connectivity index (χ0) is 27.0. The number of benzene rings is 3. The van der Waals surface area contributed by atoms with E-state index >= 15 is 0 Å². The summed E-state index contributed by atoms with van der Waals surface area (Å²) in [5, 5.41) is 12.6. The summed E-state index contributed by atoms with van der Waals surface area (Å²) in [7, 11) is 0. The van der Waals surface area contributed by atoms with Gasteiger partial charge in [-0.1, -0.05) is 54.1 Å². The molecule has 2 aliphatic rings. The first kappa shape index (κ1) is 27.2. The molecule has 0 atom stereocenters. The highest BCUT2D eigenvalue weighted by Crippen LogP contribution is 2.29. The third-order valence-corrected chi connectivity index (χ3v) is 7.98. The van der Waals surface area contributed by atoms with Gasteiger partial charge in [0.05, 0.1) is 16.7 Å². The molecule has 0 spiro atoms. The molecular formula is C32H35ClN4O2. The van der Waals surface area contributed by atoms with E-state index < -0.39 is 0 Å². The molecule has 7 heteroatoms. The van der Waals surface area contributed by atoms with E-state index in [0.717, 1.165) is 65.0 Å². The summed E-state index contributed by atoms with van der Waals surface area (Å²) < 4.78 is 6.23. The predicted octanol–water partition coefficient (Wildman–Crippen LogP) is 5.65. The first-order valence-electron chi connectivity index (χ1n) is 13.8. The summed E-state index contributed by atoms with van der Waals surface area (Å²) in [6.45, 7) is 5.64. The van der Waals surface area contributed by atoms with E-state index in [2.05, 4.69) is 45.5 Å². The Labute approximate surface area is 236 Å². The first-order chi connectivity index (χ1) is 19.1. The molecule has 2 saturated heterocycles. The number of hydrogen-bond donors (Lipinski definition) is 1. The average molecular weight is 543 g/mol. The molecule has 1 N–H and O–H groups in total. The van der Waals surface area contributed by atoms with Crippen molar-refractivity contribution in [2.75, 3.05) is 26.2 Å². The maximum Gasteiger partial charge on any atom is 0.251 e. The van der Waals surface area contributed by atoms with Crippen molar-refractivity contribution in [2.45, 2.75) is 50.9 Å². The van der Waals surface area contributed by atoms with Gasteiger partial charge in [-0.05, 0) is 67.1 Å². The lowest BCUT2D eigenvalue weighted by atomic mass is 10.0. The number of nitriles is 1. The minimum atomic E-state index is -0.0823. The van der Waals surface area contributed by atoms with Crippen LogP contribution in [0.25, 0.3) is 0 Å². The fourth-order valence-corrected chi connectivity index (χ4v) is 5.62. The lowest BCUT2D eigenvalue weighted by molar-refractivity contribution is 0.0908. The van der Waals surface area contributed by atoms with Crippen LogP contribution in [-0.4, -0.2) is 54.0 Å². The lowest BCUT2D eigenvalue weighted by Crippen LogP contribution is -2.44. The van der Waals surface area contributed by atoms with Gasteiger partial charge in [0, 0.05) is 50.9 Å². The molecule has 0 unspecified atom stereocenters. The number of carbonyl (C=O) groups is 1. The number of carbonyl (C=O) groups excluding carboxylic acids is 1. The van der Waals surface area contributed by atoms with Crippen LogP contribution in [0.5, 0.6) is 5.75 Å². The number of piperidine rings is 2. The second kappa shape index (κ2) is 13.1. The molecule has 2 heterocycles. The standard InChI is InChI=1S/C32H35ClN4O2/c33-30-20-27(32(38)35-28-12-16-36(17-13-28)22-25-4-2-1-3-5-25)10-11-31(30)39-29-14-18-37(19-15-29)23-26-8-6-24(21-34)7-9-26/h1-11,20,28-29H,12-19,22-23H2,(H,35,38). The van der Waals surface area contributed by atoms with Gasteiger partial charge in [-0.2, -0.15) is 5.26 Å². The Hall–Kier alpha value is -3.37. The van der Waals surface area contributed by atoms with E-state index in [1.165, 1.54) is 11.1 Å². The van der Waals surface area contributed by atoms with Gasteiger partial charge in [0.25, 0.3) is 5.91 Å². The van der Waals surface area contributed by atoms with E-state index in [0.29, 0.717) is 21.9 Å². The van der Waals surface area contributed by atoms with Crippen LogP contribution in [-0.2, 0) is 13.1 Å². The first-order valence-corrected chi connectivity index (χ1v) is 14.2. The van der Waals surface area contributed by atoms with Crippen molar-refractivity contribution in [3.63, 3.8) is 0 Å². The Morgan fingerprint density at radius 1 is 0.872 bits per heavy atom. The summed E-state index contributed by atoms with van der Waals surface area (Å²) in [5.41, 5.74) is 3.79. The minimum Gasteiger partial charge on any atom is -0.489 e. The van der Waals surface area contributed by atoms with E-state index in [1.54, 1.807) is 12.1 Å². The summed E-state index contributed by atoms with van der Waals surface area (Å²) in [6, 6.07) is 26.0. The molecule has 0 aromatic heterocycles. The van der Waals surface area contributed by atoms with E-state index in [-0.39, 0.29) is 18.1 Å². The number of amides is 1. The van der Waals surface area contributed by atoms with Crippen molar-refractivity contribution < 1.29 is 9.53 Å². The maximum atomic E-state index is 12.9. The van der Waals surface area contributed by atoms with Gasteiger partial charge in [-0.15, -0.1) is 0 Å². The largest absolute Gasteiger partial charge is 0.489 e. The highest BCUT2D eigenvalue weighted by Gasteiger charge is 2.23. The van der Waals surface area contributed by atoms with Gasteiger partial charge in [0.15, 0.2) is 0 Å². The Morgan fingerprint density at radius 2 is 1.49 bits per heavy atom. The topological polar surface area (TPSA) is 68.6 Å². The van der Waals surface area contributed by atoms with Crippen LogP contribution in [0.4, 0.5) is 0 Å². The molecule has 5 rings (SSSR count). The highest BCUT2D eigenvalue weighted by atomic mass is 35.5. The number of nitrogens with zero attached hydrogens (tertiary/aromatic N) is 3. The Balaban J connectivity index is 1.05. The Bertz CT molecular complexity index is 1280. The summed E-state index contributed by atoms with van der Waals surface area (Å²) in [5.74, 6) is 0.550. The van der Waals surface area contributed by atoms with Crippen LogP contribution in [0, 0.1) is 11.3 Å². The fraction of sp³-hybridized carbons (Fsp3) is 0.375. The molecule has 3 aromatic carbocycles. The molecule has 39 heavy (non-hydrogen) atoms. The molecule has 3 aromatic rings. The maximum absolute atomic E-state index is 12.9. The third kappa shape index (κ3) is 7.60. The summed E-state index contributed by atoms with van der Waals surface area (Å²) in [6.07, 6.45) is 3.81. The van der Waals surface area contributed by atoms with Crippen LogP contribution < -0.4 is 10.1 Å². The monoisotopic (exact) mass is 542 g/mol. The van der Waals surface area contributed by atoms with Gasteiger partial charge in [0.2, 0.25) is 0 Å². The van der Waals surface area contributed by atoms with Crippen molar-refractivity contribution in [1.29, 1.82) is 5.26 Å². The minimum absolute atomic E-state index is 0.0823. The highest BCUT2D eigenvalue weighted by molar-refractivity contribution is 6.32. The van der Waals surface area contributed by atoms with Crippen molar-refractivity contribution in [3.8, 4) is 11.8 Å². The number of likely N-dealkylation sites (tertiary alicyclic amines) is 2. The number of ether oxygens (including phenoxy) is 1. The molecule has 2 aliphatic heterocycles. The lowest BCUT2D eigenvalue weighted by Gasteiger charge is -2.32. The van der Waals surface area contributed by atoms with Crippen LogP contribution in [0.15, 0.2) is 72.8 Å². The molecule has 1 amide bonds. The van der Waals surface area contributed by atoms with Crippen LogP contribution in [0.3, 0.4) is 0 Å². The number of hydrogen-bond acceptors (Lipinski definition) is 5. The van der Waals surface area contributed by atoms with Crippen LogP contribution in [0.1, 0.15) is 52.7 Å². The second-order valence-electron chi connectivity index (χ2n) is 10.6. The second-order valence-corrected chi connectivity index (χ2v) is 11.0. The molecular weight excluding hydrogens is 508 g/mol. The fourth-order valence-electron chi connectivity index (χ4n) is 5.39. The van der Waals surface area contributed by atoms with Gasteiger partial charge < -0.3 is 10.1 Å². The smallest absolute Gasteiger partial charge is 0.251 e. The van der Waals surface area contributed by atoms with E-state index in [9.17, 15) is 4.79 Å². The van der Waals surface area contributed by atoms with Crippen molar-refractivity contribution >= 4 is 17.5 Å². The number of halogens is 1. The van der Waals surface area contributed by atoms with Gasteiger partial charge in [0.1, 0.15) is 11.9 Å². The Kier molecular flexibility index (Phi) is 9.15. The van der Waals surface area contributed by atoms with Gasteiger partial charge >= 0.3 is 0 Å². The Morgan fingerprint density at radius 3 is 2.10 bits per heavy atom. The normalized spacial score (nSPS) is 17.4. The predicted molar refractivity (Wildman–Crippen MR) is 154 cm³/mol. The molecule has 0 saturated carbocycles. The molecule has 0 radical (unpaired) electrons. The SMILES string of the molecule is N#Cc1ccc(CN2CCC(Oc3ccc(C(=O)NC4CCN(Cc5ccccc5)CC4)cc3Cl)CC2)cc1. The molecule has 2 fully saturated rings. The van der Waals surface area contributed by atoms with Gasteiger partial charge in [-0.3, -0.25) is 14.6 Å². The van der Waals surface area contributed by atoms with E-state index in [4.69, 9.17) is 21.6 Å². The van der Waals surface area contributed by atoms with Gasteiger partial charge in [-0.25, -0.2) is 0 Å². The molecule has 0 bridgehead atoms. The zero-order valence-corrected chi connectivity index (χ0v) is 22.9. The molecule has 0 aliphatic carbocycles. The molecule has 6 nitrogen and oxygen atoms in total. The number of nitrogens with one attached hydrogen (secondary N) is 1. The summed E-state index contributed by atoms with van der Waals surface area (Å²) >= 11 is 6.55.